The van der Waals surface area contributed by atoms with E-state index in [1.165, 1.54) is 0 Å². The minimum Gasteiger partial charge on any atom is -0.370 e. The van der Waals surface area contributed by atoms with Crippen LogP contribution >= 0.6 is 15.9 Å². The van der Waals surface area contributed by atoms with Gasteiger partial charge in [0.1, 0.15) is 22.9 Å². The lowest BCUT2D eigenvalue weighted by Crippen LogP contribution is -2.20. The second kappa shape index (κ2) is 7.04. The number of alkyl halides is 3. The Balaban J connectivity index is 2.41. The summed E-state index contributed by atoms with van der Waals surface area (Å²) in [6.07, 6.45) is -4.29. The number of halogens is 4. The molecule has 0 bridgehead atoms. The van der Waals surface area contributed by atoms with Gasteiger partial charge in [0, 0.05) is 18.5 Å². The third-order valence-corrected chi connectivity index (χ3v) is 2.45. The SMILES string of the molecule is CC(C)c1nc(Br)cc(NCCOCC(F)(F)F)n1. The van der Waals surface area contributed by atoms with E-state index in [2.05, 4.69) is 36.0 Å². The van der Waals surface area contributed by atoms with E-state index >= 15 is 0 Å². The van der Waals surface area contributed by atoms with Crippen molar-refractivity contribution in [1.29, 1.82) is 0 Å². The van der Waals surface area contributed by atoms with Gasteiger partial charge in [0.2, 0.25) is 0 Å². The number of aromatic nitrogens is 2. The third-order valence-electron chi connectivity index (χ3n) is 2.05. The Labute approximate surface area is 117 Å². The van der Waals surface area contributed by atoms with E-state index in [-0.39, 0.29) is 19.1 Å². The number of hydrogen-bond donors (Lipinski definition) is 1. The monoisotopic (exact) mass is 341 g/mol. The number of nitrogens with one attached hydrogen (secondary N) is 1. The van der Waals surface area contributed by atoms with Crippen molar-refractivity contribution in [2.45, 2.75) is 25.9 Å². The first-order valence-corrected chi connectivity index (χ1v) is 6.50. The summed E-state index contributed by atoms with van der Waals surface area (Å²) in [5.41, 5.74) is 0. The average Bonchev–Trinajstić information content (AvgIpc) is 2.26. The maximum Gasteiger partial charge on any atom is 0.411 e. The summed E-state index contributed by atoms with van der Waals surface area (Å²) in [6, 6.07) is 1.66. The quantitative estimate of drug-likeness (QED) is 0.636. The molecular weight excluding hydrogens is 327 g/mol. The fraction of sp³-hybridized carbons (Fsp3) is 0.636. The van der Waals surface area contributed by atoms with Gasteiger partial charge in [0.05, 0.1) is 6.61 Å². The first kappa shape index (κ1) is 16.2. The molecule has 1 rings (SSSR count). The van der Waals surface area contributed by atoms with Crippen LogP contribution in [-0.4, -0.2) is 35.9 Å². The van der Waals surface area contributed by atoms with E-state index < -0.39 is 12.8 Å². The van der Waals surface area contributed by atoms with Crippen LogP contribution in [-0.2, 0) is 4.74 Å². The Morgan fingerprint density at radius 3 is 2.63 bits per heavy atom. The number of rotatable bonds is 6. The molecule has 1 heterocycles. The highest BCUT2D eigenvalue weighted by atomic mass is 79.9. The molecule has 19 heavy (non-hydrogen) atoms. The number of anilines is 1. The minimum absolute atomic E-state index is 0.0435. The van der Waals surface area contributed by atoms with Crippen LogP contribution in [0.1, 0.15) is 25.6 Å². The van der Waals surface area contributed by atoms with Crippen LogP contribution in [0.2, 0.25) is 0 Å². The lowest BCUT2D eigenvalue weighted by atomic mass is 10.2. The van der Waals surface area contributed by atoms with E-state index in [0.29, 0.717) is 16.2 Å². The van der Waals surface area contributed by atoms with Crippen LogP contribution in [0.15, 0.2) is 10.7 Å². The maximum absolute atomic E-state index is 11.8. The van der Waals surface area contributed by atoms with Gasteiger partial charge in [-0.15, -0.1) is 0 Å². The van der Waals surface area contributed by atoms with Gasteiger partial charge in [0.25, 0.3) is 0 Å². The number of hydrogen-bond acceptors (Lipinski definition) is 4. The highest BCUT2D eigenvalue weighted by Gasteiger charge is 2.27. The van der Waals surface area contributed by atoms with Gasteiger partial charge >= 0.3 is 6.18 Å². The molecular formula is C11H15BrF3N3O. The summed E-state index contributed by atoms with van der Waals surface area (Å²) in [7, 11) is 0. The largest absolute Gasteiger partial charge is 0.411 e. The minimum atomic E-state index is -4.29. The fourth-order valence-electron chi connectivity index (χ4n) is 1.22. The molecule has 0 aliphatic rings. The summed E-state index contributed by atoms with van der Waals surface area (Å²) >= 11 is 3.26. The Bertz CT molecular complexity index is 413. The zero-order valence-corrected chi connectivity index (χ0v) is 12.2. The van der Waals surface area contributed by atoms with Crippen molar-refractivity contribution in [3.05, 3.63) is 16.5 Å². The molecule has 0 aliphatic heterocycles. The van der Waals surface area contributed by atoms with Crippen LogP contribution in [0.4, 0.5) is 19.0 Å². The molecule has 0 unspecified atom stereocenters. The number of nitrogens with zero attached hydrogens (tertiary/aromatic N) is 2. The van der Waals surface area contributed by atoms with Crippen molar-refractivity contribution in [3.8, 4) is 0 Å². The van der Waals surface area contributed by atoms with Crippen molar-refractivity contribution < 1.29 is 17.9 Å². The smallest absolute Gasteiger partial charge is 0.370 e. The molecule has 0 fully saturated rings. The molecule has 1 aromatic heterocycles. The van der Waals surface area contributed by atoms with Crippen molar-refractivity contribution in [2.24, 2.45) is 0 Å². The molecule has 8 heteroatoms. The second-order valence-corrected chi connectivity index (χ2v) is 5.00. The van der Waals surface area contributed by atoms with Gasteiger partial charge in [-0.3, -0.25) is 0 Å². The molecule has 108 valence electrons. The van der Waals surface area contributed by atoms with Crippen LogP contribution in [0.3, 0.4) is 0 Å². The molecule has 1 N–H and O–H groups in total. The van der Waals surface area contributed by atoms with Gasteiger partial charge in [-0.05, 0) is 15.9 Å². The van der Waals surface area contributed by atoms with Gasteiger partial charge in [0.15, 0.2) is 0 Å². The molecule has 0 radical (unpaired) electrons. The van der Waals surface area contributed by atoms with E-state index in [1.807, 2.05) is 13.8 Å². The van der Waals surface area contributed by atoms with Crippen LogP contribution in [0, 0.1) is 0 Å². The summed E-state index contributed by atoms with van der Waals surface area (Å²) in [6.45, 7) is 2.88. The molecule has 4 nitrogen and oxygen atoms in total. The van der Waals surface area contributed by atoms with Crippen LogP contribution in [0.25, 0.3) is 0 Å². The topological polar surface area (TPSA) is 47.0 Å². The predicted molar refractivity (Wildman–Crippen MR) is 69.2 cm³/mol. The van der Waals surface area contributed by atoms with Crippen molar-refractivity contribution >= 4 is 21.7 Å². The predicted octanol–water partition coefficient (Wildman–Crippen LogP) is 3.35. The molecule has 1 aromatic rings. The zero-order chi connectivity index (χ0) is 14.5. The summed E-state index contributed by atoms with van der Waals surface area (Å²) in [5.74, 6) is 1.38. The summed E-state index contributed by atoms with van der Waals surface area (Å²) in [4.78, 5) is 8.45. The summed E-state index contributed by atoms with van der Waals surface area (Å²) in [5, 5.41) is 2.89. The first-order chi connectivity index (χ1) is 8.78. The normalized spacial score (nSPS) is 11.9. The van der Waals surface area contributed by atoms with E-state index in [0.717, 1.165) is 0 Å². The highest BCUT2D eigenvalue weighted by molar-refractivity contribution is 9.10. The molecule has 0 spiro atoms. The van der Waals surface area contributed by atoms with Gasteiger partial charge in [-0.2, -0.15) is 13.2 Å². The van der Waals surface area contributed by atoms with Crippen LogP contribution in [0.5, 0.6) is 0 Å². The summed E-state index contributed by atoms with van der Waals surface area (Å²) < 4.78 is 40.6. The lowest BCUT2D eigenvalue weighted by Gasteiger charge is -2.10. The molecule has 0 atom stereocenters. The van der Waals surface area contributed by atoms with Crippen molar-refractivity contribution in [2.75, 3.05) is 25.1 Å². The van der Waals surface area contributed by atoms with Gasteiger partial charge < -0.3 is 10.1 Å². The molecule has 0 amide bonds. The molecule has 0 aliphatic carbocycles. The third kappa shape index (κ3) is 6.72. The van der Waals surface area contributed by atoms with Gasteiger partial charge in [-0.1, -0.05) is 13.8 Å². The molecule has 0 saturated heterocycles. The highest BCUT2D eigenvalue weighted by Crippen LogP contribution is 2.17. The van der Waals surface area contributed by atoms with E-state index in [9.17, 15) is 13.2 Å². The Morgan fingerprint density at radius 1 is 1.37 bits per heavy atom. The van der Waals surface area contributed by atoms with Crippen molar-refractivity contribution in [3.63, 3.8) is 0 Å². The molecule has 0 aromatic carbocycles. The lowest BCUT2D eigenvalue weighted by molar-refractivity contribution is -0.172. The Morgan fingerprint density at radius 2 is 2.05 bits per heavy atom. The Kier molecular flexibility index (Phi) is 5.99. The Hall–Kier alpha value is -0.890. The van der Waals surface area contributed by atoms with E-state index in [4.69, 9.17) is 0 Å². The maximum atomic E-state index is 11.8. The van der Waals surface area contributed by atoms with E-state index in [1.54, 1.807) is 6.07 Å². The fourth-order valence-corrected chi connectivity index (χ4v) is 1.62. The second-order valence-electron chi connectivity index (χ2n) is 4.18. The zero-order valence-electron chi connectivity index (χ0n) is 10.6. The van der Waals surface area contributed by atoms with Crippen molar-refractivity contribution in [1.82, 2.24) is 9.97 Å². The van der Waals surface area contributed by atoms with Gasteiger partial charge in [-0.25, -0.2) is 9.97 Å². The molecule has 0 saturated carbocycles. The van der Waals surface area contributed by atoms with Crippen LogP contribution < -0.4 is 5.32 Å². The first-order valence-electron chi connectivity index (χ1n) is 5.71. The number of ether oxygens (including phenoxy) is 1. The standard InChI is InChI=1S/C11H15BrF3N3O/c1-7(2)10-17-8(12)5-9(18-10)16-3-4-19-6-11(13,14)15/h5,7H,3-4,6H2,1-2H3,(H,16,17,18). The average molecular weight is 342 g/mol.